The molecule has 1 unspecified atom stereocenters. The van der Waals surface area contributed by atoms with Crippen LogP contribution in [-0.2, 0) is 4.79 Å². The Morgan fingerprint density at radius 3 is 2.29 bits per heavy atom. The topological polar surface area (TPSA) is 37.3 Å². The normalized spacial score (nSPS) is 12.9. The molecule has 0 fully saturated rings. The average Bonchev–Trinajstić information content (AvgIpc) is 2.45. The summed E-state index contributed by atoms with van der Waals surface area (Å²) < 4.78 is 0. The fourth-order valence-electron chi connectivity index (χ4n) is 2.56. The first-order valence-corrected chi connectivity index (χ1v) is 9.05. The zero-order valence-electron chi connectivity index (χ0n) is 14.3. The molecular weight excluding hydrogens is 260 g/mol. The van der Waals surface area contributed by atoms with Gasteiger partial charge in [0.05, 0.1) is 0 Å². The molecule has 0 aliphatic heterocycles. The van der Waals surface area contributed by atoms with Crippen LogP contribution in [0.4, 0.5) is 0 Å². The SMILES string of the molecule is CCCCCCCCC=CC(C)CCCCCCC(=O)O. The van der Waals surface area contributed by atoms with Crippen LogP contribution in [0, 0.1) is 5.92 Å². The smallest absolute Gasteiger partial charge is 0.303 e. The molecule has 0 saturated heterocycles. The summed E-state index contributed by atoms with van der Waals surface area (Å²) in [7, 11) is 0. The highest BCUT2D eigenvalue weighted by Crippen LogP contribution is 2.13. The summed E-state index contributed by atoms with van der Waals surface area (Å²) in [6.07, 6.45) is 20.0. The number of carbonyl (C=O) groups is 1. The lowest BCUT2D eigenvalue weighted by atomic mass is 10.0. The molecule has 0 aliphatic carbocycles. The lowest BCUT2D eigenvalue weighted by Crippen LogP contribution is -1.94. The fourth-order valence-corrected chi connectivity index (χ4v) is 2.56. The Hall–Kier alpha value is -0.790. The number of allylic oxidation sites excluding steroid dienone is 2. The van der Waals surface area contributed by atoms with Crippen molar-refractivity contribution in [2.24, 2.45) is 5.92 Å². The molecular formula is C19H36O2. The van der Waals surface area contributed by atoms with Crippen molar-refractivity contribution in [3.8, 4) is 0 Å². The maximum absolute atomic E-state index is 10.4. The number of carboxylic acid groups (broad SMARTS) is 1. The summed E-state index contributed by atoms with van der Waals surface area (Å²) in [6.45, 7) is 4.55. The zero-order valence-corrected chi connectivity index (χ0v) is 14.3. The molecule has 0 radical (unpaired) electrons. The molecule has 0 spiro atoms. The summed E-state index contributed by atoms with van der Waals surface area (Å²) in [5.74, 6) is 0.00515. The Kier molecular flexibility index (Phi) is 15.0. The van der Waals surface area contributed by atoms with Crippen LogP contribution in [-0.4, -0.2) is 11.1 Å². The van der Waals surface area contributed by atoms with Gasteiger partial charge in [0.2, 0.25) is 0 Å². The van der Waals surface area contributed by atoms with Gasteiger partial charge in [-0.1, -0.05) is 77.4 Å². The third kappa shape index (κ3) is 17.2. The van der Waals surface area contributed by atoms with Crippen LogP contribution in [0.5, 0.6) is 0 Å². The summed E-state index contributed by atoms with van der Waals surface area (Å²) >= 11 is 0. The molecule has 0 saturated carbocycles. The minimum atomic E-state index is -0.666. The molecule has 21 heavy (non-hydrogen) atoms. The second-order valence-corrected chi connectivity index (χ2v) is 6.31. The van der Waals surface area contributed by atoms with Gasteiger partial charge >= 0.3 is 5.97 Å². The predicted molar refractivity (Wildman–Crippen MR) is 91.6 cm³/mol. The molecule has 2 heteroatoms. The van der Waals surface area contributed by atoms with Crippen LogP contribution in [0.25, 0.3) is 0 Å². The third-order valence-corrected chi connectivity index (χ3v) is 3.99. The van der Waals surface area contributed by atoms with E-state index in [1.54, 1.807) is 0 Å². The van der Waals surface area contributed by atoms with Crippen molar-refractivity contribution < 1.29 is 9.90 Å². The van der Waals surface area contributed by atoms with Crippen molar-refractivity contribution in [2.75, 3.05) is 0 Å². The van der Waals surface area contributed by atoms with Gasteiger partial charge < -0.3 is 5.11 Å². The lowest BCUT2D eigenvalue weighted by molar-refractivity contribution is -0.137. The molecule has 1 N–H and O–H groups in total. The van der Waals surface area contributed by atoms with Crippen molar-refractivity contribution in [3.63, 3.8) is 0 Å². The van der Waals surface area contributed by atoms with E-state index in [-0.39, 0.29) is 0 Å². The van der Waals surface area contributed by atoms with Crippen LogP contribution < -0.4 is 0 Å². The first-order valence-electron chi connectivity index (χ1n) is 9.05. The minimum absolute atomic E-state index is 0.327. The van der Waals surface area contributed by atoms with Crippen molar-refractivity contribution in [3.05, 3.63) is 12.2 Å². The van der Waals surface area contributed by atoms with Gasteiger partial charge in [0.25, 0.3) is 0 Å². The second-order valence-electron chi connectivity index (χ2n) is 6.31. The van der Waals surface area contributed by atoms with E-state index < -0.39 is 5.97 Å². The van der Waals surface area contributed by atoms with Gasteiger partial charge in [0.1, 0.15) is 0 Å². The lowest BCUT2D eigenvalue weighted by Gasteiger charge is -2.05. The number of hydrogen-bond acceptors (Lipinski definition) is 1. The maximum atomic E-state index is 10.4. The first-order chi connectivity index (χ1) is 10.2. The van der Waals surface area contributed by atoms with Gasteiger partial charge in [0.15, 0.2) is 0 Å². The molecule has 0 aliphatic rings. The van der Waals surface area contributed by atoms with Crippen LogP contribution in [0.1, 0.15) is 97.3 Å². The van der Waals surface area contributed by atoms with E-state index in [9.17, 15) is 4.79 Å². The van der Waals surface area contributed by atoms with E-state index in [2.05, 4.69) is 26.0 Å². The largest absolute Gasteiger partial charge is 0.481 e. The summed E-state index contributed by atoms with van der Waals surface area (Å²) in [5, 5.41) is 8.55. The highest BCUT2D eigenvalue weighted by Gasteiger charge is 1.99. The van der Waals surface area contributed by atoms with E-state index in [4.69, 9.17) is 5.11 Å². The van der Waals surface area contributed by atoms with E-state index >= 15 is 0 Å². The molecule has 0 aromatic rings. The number of unbranched alkanes of at least 4 members (excludes halogenated alkanes) is 9. The number of hydrogen-bond donors (Lipinski definition) is 1. The summed E-state index contributed by atoms with van der Waals surface area (Å²) in [6, 6.07) is 0. The Labute approximate surface area is 132 Å². The van der Waals surface area contributed by atoms with Crippen molar-refractivity contribution in [1.82, 2.24) is 0 Å². The Bertz CT molecular complexity index is 258. The summed E-state index contributed by atoms with van der Waals surface area (Å²) in [4.78, 5) is 10.4. The number of carboxylic acids is 1. The standard InChI is InChI=1S/C19H36O2/c1-3-4-5-6-7-8-9-12-15-18(2)16-13-10-11-14-17-19(20)21/h12,15,18H,3-11,13-14,16-17H2,1-2H3,(H,20,21). The Morgan fingerprint density at radius 2 is 1.57 bits per heavy atom. The molecule has 0 heterocycles. The highest BCUT2D eigenvalue weighted by molar-refractivity contribution is 5.66. The molecule has 1 atom stereocenters. The van der Waals surface area contributed by atoms with Crippen LogP contribution in [0.2, 0.25) is 0 Å². The van der Waals surface area contributed by atoms with Gasteiger partial charge in [-0.2, -0.15) is 0 Å². The van der Waals surface area contributed by atoms with Gasteiger partial charge in [-0.15, -0.1) is 0 Å². The van der Waals surface area contributed by atoms with E-state index in [1.807, 2.05) is 0 Å². The summed E-state index contributed by atoms with van der Waals surface area (Å²) in [5.41, 5.74) is 0. The van der Waals surface area contributed by atoms with Crippen molar-refractivity contribution >= 4 is 5.97 Å². The Balaban J connectivity index is 3.30. The van der Waals surface area contributed by atoms with Crippen molar-refractivity contribution in [2.45, 2.75) is 97.3 Å². The second kappa shape index (κ2) is 15.6. The van der Waals surface area contributed by atoms with Gasteiger partial charge in [-0.25, -0.2) is 0 Å². The van der Waals surface area contributed by atoms with Gasteiger partial charge in [-0.05, 0) is 31.6 Å². The van der Waals surface area contributed by atoms with Gasteiger partial charge in [-0.3, -0.25) is 4.79 Å². The Morgan fingerprint density at radius 1 is 0.952 bits per heavy atom. The van der Waals surface area contributed by atoms with E-state index in [0.29, 0.717) is 12.3 Å². The molecule has 0 rings (SSSR count). The number of rotatable bonds is 15. The van der Waals surface area contributed by atoms with Crippen molar-refractivity contribution in [1.29, 1.82) is 0 Å². The fraction of sp³-hybridized carbons (Fsp3) is 0.842. The molecule has 0 aromatic carbocycles. The van der Waals surface area contributed by atoms with E-state index in [0.717, 1.165) is 12.8 Å². The quantitative estimate of drug-likeness (QED) is 0.282. The van der Waals surface area contributed by atoms with Crippen LogP contribution in [0.3, 0.4) is 0 Å². The molecule has 0 aromatic heterocycles. The van der Waals surface area contributed by atoms with Crippen LogP contribution >= 0.6 is 0 Å². The molecule has 0 amide bonds. The molecule has 0 bridgehead atoms. The van der Waals surface area contributed by atoms with Gasteiger partial charge in [0, 0.05) is 6.42 Å². The monoisotopic (exact) mass is 296 g/mol. The number of aliphatic carboxylic acids is 1. The molecule has 2 nitrogen and oxygen atoms in total. The highest BCUT2D eigenvalue weighted by atomic mass is 16.4. The predicted octanol–water partition coefficient (Wildman–Crippen LogP) is 6.35. The molecule has 124 valence electrons. The minimum Gasteiger partial charge on any atom is -0.481 e. The van der Waals surface area contributed by atoms with E-state index in [1.165, 1.54) is 64.2 Å². The van der Waals surface area contributed by atoms with Crippen LogP contribution in [0.15, 0.2) is 12.2 Å². The third-order valence-electron chi connectivity index (χ3n) is 3.99. The zero-order chi connectivity index (χ0) is 15.8. The first kappa shape index (κ1) is 20.2. The average molecular weight is 296 g/mol. The maximum Gasteiger partial charge on any atom is 0.303 e.